The van der Waals surface area contributed by atoms with E-state index in [1.54, 1.807) is 11.3 Å². The van der Waals surface area contributed by atoms with Crippen LogP contribution in [0.25, 0.3) is 0 Å². The van der Waals surface area contributed by atoms with Crippen molar-refractivity contribution in [3.8, 4) is 0 Å². The minimum atomic E-state index is 0.184. The number of para-hydroxylation sites is 1. The van der Waals surface area contributed by atoms with Crippen LogP contribution in [0.1, 0.15) is 5.56 Å². The molecule has 1 aromatic heterocycles. The van der Waals surface area contributed by atoms with E-state index in [-0.39, 0.29) is 5.92 Å². The average molecular weight is 298 g/mol. The minimum absolute atomic E-state index is 0.184. The Morgan fingerprint density at radius 1 is 1.10 bits per heavy atom. The minimum Gasteiger partial charge on any atom is -0.312 e. The van der Waals surface area contributed by atoms with Gasteiger partial charge in [0.25, 0.3) is 0 Å². The molecule has 0 N–H and O–H groups in total. The number of likely N-dealkylation sites (tertiary alicyclic amines) is 1. The van der Waals surface area contributed by atoms with Crippen molar-refractivity contribution in [2.24, 2.45) is 11.8 Å². The second-order valence-electron chi connectivity index (χ2n) is 5.98. The van der Waals surface area contributed by atoms with Gasteiger partial charge >= 0.3 is 0 Å². The second kappa shape index (κ2) is 5.28. The molecule has 4 rings (SSSR count). The molecular formula is C17H18N2OS. The van der Waals surface area contributed by atoms with E-state index in [0.717, 1.165) is 31.9 Å². The summed E-state index contributed by atoms with van der Waals surface area (Å²) in [6.07, 6.45) is 0. The molecule has 4 heteroatoms. The number of amides is 1. The number of carbonyl (C=O) groups excluding carboxylic acids is 1. The first-order valence-electron chi connectivity index (χ1n) is 7.41. The van der Waals surface area contributed by atoms with E-state index in [9.17, 15) is 4.79 Å². The zero-order valence-electron chi connectivity index (χ0n) is 11.8. The maximum atomic E-state index is 12.6. The standard InChI is InChI=1S/C17H18N2OS/c20-17-16-11-18(8-13-6-7-21-12-13)9-14(16)10-19(17)15-4-2-1-3-5-15/h1-7,12,14,16H,8-11H2/t14-,16+/m1/s1. The van der Waals surface area contributed by atoms with Gasteiger partial charge in [0.2, 0.25) is 5.91 Å². The van der Waals surface area contributed by atoms with Gasteiger partial charge in [-0.15, -0.1) is 0 Å². The first-order chi connectivity index (χ1) is 10.3. The second-order valence-corrected chi connectivity index (χ2v) is 6.76. The molecule has 2 aliphatic heterocycles. The molecule has 0 aliphatic carbocycles. The highest BCUT2D eigenvalue weighted by atomic mass is 32.1. The average Bonchev–Trinajstić information content (AvgIpc) is 3.20. The first kappa shape index (κ1) is 13.0. The fraction of sp³-hybridized carbons (Fsp3) is 0.353. The Kier molecular flexibility index (Phi) is 3.28. The zero-order valence-corrected chi connectivity index (χ0v) is 12.6. The van der Waals surface area contributed by atoms with Gasteiger partial charge in [0.1, 0.15) is 0 Å². The van der Waals surface area contributed by atoms with E-state index in [1.807, 2.05) is 35.2 Å². The van der Waals surface area contributed by atoms with Crippen LogP contribution < -0.4 is 4.90 Å². The Morgan fingerprint density at radius 2 is 1.95 bits per heavy atom. The van der Waals surface area contributed by atoms with Crippen molar-refractivity contribution in [2.75, 3.05) is 24.5 Å². The maximum Gasteiger partial charge on any atom is 0.231 e. The molecule has 2 aliphatic rings. The molecule has 0 bridgehead atoms. The molecule has 1 amide bonds. The highest BCUT2D eigenvalue weighted by Crippen LogP contribution is 2.35. The highest BCUT2D eigenvalue weighted by molar-refractivity contribution is 7.07. The number of thiophene rings is 1. The summed E-state index contributed by atoms with van der Waals surface area (Å²) in [5.74, 6) is 0.971. The Labute approximate surface area is 128 Å². The molecule has 3 heterocycles. The number of benzene rings is 1. The van der Waals surface area contributed by atoms with E-state index < -0.39 is 0 Å². The molecule has 2 aromatic rings. The molecule has 108 valence electrons. The predicted octanol–water partition coefficient (Wildman–Crippen LogP) is 2.84. The summed E-state index contributed by atoms with van der Waals surface area (Å²) in [7, 11) is 0. The van der Waals surface area contributed by atoms with Crippen molar-refractivity contribution in [1.29, 1.82) is 0 Å². The number of carbonyl (C=O) groups is 1. The molecule has 0 unspecified atom stereocenters. The van der Waals surface area contributed by atoms with Crippen LogP contribution in [0.2, 0.25) is 0 Å². The van der Waals surface area contributed by atoms with Gasteiger partial charge < -0.3 is 4.90 Å². The summed E-state index contributed by atoms with van der Waals surface area (Å²) >= 11 is 1.74. The lowest BCUT2D eigenvalue weighted by molar-refractivity contribution is -0.120. The van der Waals surface area contributed by atoms with Gasteiger partial charge in [0.05, 0.1) is 5.92 Å². The molecule has 2 fully saturated rings. The van der Waals surface area contributed by atoms with Crippen LogP contribution in [-0.4, -0.2) is 30.4 Å². The van der Waals surface area contributed by atoms with Crippen molar-refractivity contribution >= 4 is 22.9 Å². The lowest BCUT2D eigenvalue weighted by Crippen LogP contribution is -2.32. The van der Waals surface area contributed by atoms with Crippen LogP contribution in [0.3, 0.4) is 0 Å². The number of hydrogen-bond acceptors (Lipinski definition) is 3. The van der Waals surface area contributed by atoms with Gasteiger partial charge in [-0.2, -0.15) is 11.3 Å². The highest BCUT2D eigenvalue weighted by Gasteiger charge is 2.46. The van der Waals surface area contributed by atoms with Crippen LogP contribution in [0.15, 0.2) is 47.2 Å². The van der Waals surface area contributed by atoms with Gasteiger partial charge in [0.15, 0.2) is 0 Å². The third-order valence-corrected chi connectivity index (χ3v) is 5.30. The molecule has 0 radical (unpaired) electrons. The third kappa shape index (κ3) is 2.39. The van der Waals surface area contributed by atoms with Crippen molar-refractivity contribution in [3.63, 3.8) is 0 Å². The SMILES string of the molecule is O=C1[C@H]2CN(Cc3ccsc3)C[C@@H]2CN1c1ccccc1. The van der Waals surface area contributed by atoms with Crippen molar-refractivity contribution < 1.29 is 4.79 Å². The fourth-order valence-corrected chi connectivity index (χ4v) is 4.22. The van der Waals surface area contributed by atoms with Gasteiger partial charge in [-0.05, 0) is 34.5 Å². The summed E-state index contributed by atoms with van der Waals surface area (Å²) in [4.78, 5) is 17.0. The topological polar surface area (TPSA) is 23.6 Å². The molecule has 0 spiro atoms. The molecule has 21 heavy (non-hydrogen) atoms. The summed E-state index contributed by atoms with van der Waals surface area (Å²) in [5, 5.41) is 4.32. The van der Waals surface area contributed by atoms with E-state index in [4.69, 9.17) is 0 Å². The molecule has 1 aromatic carbocycles. The summed E-state index contributed by atoms with van der Waals surface area (Å²) in [6, 6.07) is 12.2. The summed E-state index contributed by atoms with van der Waals surface area (Å²) in [5.41, 5.74) is 2.41. The monoisotopic (exact) mass is 298 g/mol. The summed E-state index contributed by atoms with van der Waals surface area (Å²) < 4.78 is 0. The Morgan fingerprint density at radius 3 is 2.67 bits per heavy atom. The molecule has 0 saturated carbocycles. The normalized spacial score (nSPS) is 25.5. The Hall–Kier alpha value is -1.65. The van der Waals surface area contributed by atoms with Crippen LogP contribution in [0, 0.1) is 11.8 Å². The Balaban J connectivity index is 1.45. The molecule has 2 atom stereocenters. The fourth-order valence-electron chi connectivity index (χ4n) is 3.56. The van der Waals surface area contributed by atoms with Crippen LogP contribution in [-0.2, 0) is 11.3 Å². The van der Waals surface area contributed by atoms with E-state index in [0.29, 0.717) is 11.8 Å². The quantitative estimate of drug-likeness (QED) is 0.870. The van der Waals surface area contributed by atoms with Crippen LogP contribution in [0.4, 0.5) is 5.69 Å². The number of nitrogens with zero attached hydrogens (tertiary/aromatic N) is 2. The van der Waals surface area contributed by atoms with Crippen molar-refractivity contribution in [1.82, 2.24) is 4.90 Å². The number of fused-ring (bicyclic) bond motifs is 1. The van der Waals surface area contributed by atoms with Crippen molar-refractivity contribution in [3.05, 3.63) is 52.7 Å². The molecule has 2 saturated heterocycles. The molecule has 3 nitrogen and oxygen atoms in total. The van der Waals surface area contributed by atoms with Gasteiger partial charge in [-0.3, -0.25) is 9.69 Å². The maximum absolute atomic E-state index is 12.6. The van der Waals surface area contributed by atoms with Crippen molar-refractivity contribution in [2.45, 2.75) is 6.54 Å². The number of anilines is 1. The van der Waals surface area contributed by atoms with Gasteiger partial charge in [-0.25, -0.2) is 0 Å². The predicted molar refractivity (Wildman–Crippen MR) is 85.4 cm³/mol. The lowest BCUT2D eigenvalue weighted by Gasteiger charge is -2.21. The smallest absolute Gasteiger partial charge is 0.231 e. The first-order valence-corrected chi connectivity index (χ1v) is 8.35. The Bertz CT molecular complexity index is 626. The van der Waals surface area contributed by atoms with Gasteiger partial charge in [0, 0.05) is 37.8 Å². The van der Waals surface area contributed by atoms with Crippen LogP contribution in [0.5, 0.6) is 0 Å². The van der Waals surface area contributed by atoms with E-state index in [2.05, 4.69) is 21.7 Å². The lowest BCUT2D eigenvalue weighted by atomic mass is 10.0. The van der Waals surface area contributed by atoms with E-state index >= 15 is 0 Å². The summed E-state index contributed by atoms with van der Waals surface area (Å²) in [6.45, 7) is 3.79. The van der Waals surface area contributed by atoms with Gasteiger partial charge in [-0.1, -0.05) is 18.2 Å². The van der Waals surface area contributed by atoms with E-state index in [1.165, 1.54) is 5.56 Å². The zero-order chi connectivity index (χ0) is 14.2. The van der Waals surface area contributed by atoms with Crippen LogP contribution >= 0.6 is 11.3 Å². The third-order valence-electron chi connectivity index (χ3n) is 4.57. The number of rotatable bonds is 3. The largest absolute Gasteiger partial charge is 0.312 e. The number of hydrogen-bond donors (Lipinski definition) is 0. The molecular weight excluding hydrogens is 280 g/mol.